The summed E-state index contributed by atoms with van der Waals surface area (Å²) in [4.78, 5) is 21.1. The molecule has 0 fully saturated rings. The van der Waals surface area contributed by atoms with E-state index in [1.54, 1.807) is 12.3 Å². The summed E-state index contributed by atoms with van der Waals surface area (Å²) in [6.45, 7) is 1.60. The van der Waals surface area contributed by atoms with Gasteiger partial charge in [0.05, 0.1) is 16.0 Å². The Labute approximate surface area is 178 Å². The average Bonchev–Trinajstić information content (AvgIpc) is 3.02. The molecular formula is C18H20N4O5S3. The third kappa shape index (κ3) is 5.39. The summed E-state index contributed by atoms with van der Waals surface area (Å²) in [6, 6.07) is 9.29. The predicted molar refractivity (Wildman–Crippen MR) is 116 cm³/mol. The van der Waals surface area contributed by atoms with Gasteiger partial charge in [0.15, 0.2) is 15.1 Å². The molecule has 2 heterocycles. The molecule has 160 valence electrons. The van der Waals surface area contributed by atoms with Crippen LogP contribution in [0.25, 0.3) is 21.3 Å². The van der Waals surface area contributed by atoms with Gasteiger partial charge in [0, 0.05) is 30.3 Å². The predicted octanol–water partition coefficient (Wildman–Crippen LogP) is 1.16. The molecule has 3 aromatic rings. The lowest BCUT2D eigenvalue weighted by atomic mass is 10.1. The summed E-state index contributed by atoms with van der Waals surface area (Å²) >= 11 is 1.10. The molecule has 1 aromatic carbocycles. The van der Waals surface area contributed by atoms with Crippen LogP contribution in [-0.4, -0.2) is 51.3 Å². The topological polar surface area (TPSA) is 149 Å². The number of pyridine rings is 1. The maximum absolute atomic E-state index is 12.5. The molecule has 3 rings (SSSR count). The van der Waals surface area contributed by atoms with Crippen molar-refractivity contribution in [3.63, 3.8) is 0 Å². The fourth-order valence-electron chi connectivity index (χ4n) is 2.77. The van der Waals surface area contributed by atoms with Crippen LogP contribution in [0.5, 0.6) is 0 Å². The van der Waals surface area contributed by atoms with Gasteiger partial charge in [-0.3, -0.25) is 9.78 Å². The quantitative estimate of drug-likeness (QED) is 0.528. The second-order valence-corrected chi connectivity index (χ2v) is 11.7. The van der Waals surface area contributed by atoms with Crippen molar-refractivity contribution in [2.24, 2.45) is 5.14 Å². The summed E-state index contributed by atoms with van der Waals surface area (Å²) in [6.07, 6.45) is 2.68. The monoisotopic (exact) mass is 468 g/mol. The molecular weight excluding hydrogens is 448 g/mol. The summed E-state index contributed by atoms with van der Waals surface area (Å²) < 4.78 is 47.3. The maximum atomic E-state index is 12.5. The van der Waals surface area contributed by atoms with E-state index in [1.165, 1.54) is 0 Å². The number of amides is 1. The molecule has 1 amide bonds. The van der Waals surface area contributed by atoms with Gasteiger partial charge in [-0.25, -0.2) is 27.0 Å². The van der Waals surface area contributed by atoms with Crippen molar-refractivity contribution in [2.75, 3.05) is 18.6 Å². The van der Waals surface area contributed by atoms with Gasteiger partial charge < -0.3 is 5.32 Å². The van der Waals surface area contributed by atoms with Gasteiger partial charge in [-0.05, 0) is 30.7 Å². The van der Waals surface area contributed by atoms with E-state index in [-0.39, 0.29) is 11.6 Å². The van der Waals surface area contributed by atoms with Crippen LogP contribution in [0.3, 0.4) is 0 Å². The van der Waals surface area contributed by atoms with Crippen LogP contribution in [0.2, 0.25) is 0 Å². The van der Waals surface area contributed by atoms with Crippen LogP contribution in [0.4, 0.5) is 0 Å². The summed E-state index contributed by atoms with van der Waals surface area (Å²) in [5, 5.41) is 5.79. The standard InChI is InChI=1S/C18H20N4O5S3/c1-11-3-4-13(10-21-11)12-5-6-14-15(9-12)28-18(22-14)16(29(2,24)25)17(23)20-7-8-30(19,26)27/h3-6,9-10,16H,7-8H2,1-2H3,(H,20,23)(H2,19,26,27). The van der Waals surface area contributed by atoms with E-state index in [0.29, 0.717) is 10.2 Å². The van der Waals surface area contributed by atoms with Crippen LogP contribution in [0.15, 0.2) is 36.5 Å². The number of rotatable bonds is 7. The third-order valence-electron chi connectivity index (χ3n) is 4.23. The highest BCUT2D eigenvalue weighted by atomic mass is 32.2. The van der Waals surface area contributed by atoms with Crippen molar-refractivity contribution in [1.82, 2.24) is 15.3 Å². The zero-order chi connectivity index (χ0) is 22.1. The molecule has 0 radical (unpaired) electrons. The number of hydrogen-bond donors (Lipinski definition) is 2. The molecule has 30 heavy (non-hydrogen) atoms. The number of sulfone groups is 1. The molecule has 0 aliphatic heterocycles. The van der Waals surface area contributed by atoms with E-state index in [2.05, 4.69) is 15.3 Å². The number of aromatic nitrogens is 2. The summed E-state index contributed by atoms with van der Waals surface area (Å²) in [7, 11) is -7.63. The average molecular weight is 469 g/mol. The number of nitrogens with one attached hydrogen (secondary N) is 1. The Hall–Kier alpha value is -2.41. The number of thiazole rings is 1. The highest BCUT2D eigenvalue weighted by Crippen LogP contribution is 2.33. The molecule has 0 bridgehead atoms. The zero-order valence-corrected chi connectivity index (χ0v) is 18.6. The number of hydrogen-bond acceptors (Lipinski definition) is 8. The van der Waals surface area contributed by atoms with Crippen molar-refractivity contribution in [3.05, 3.63) is 47.2 Å². The van der Waals surface area contributed by atoms with Crippen LogP contribution in [0.1, 0.15) is 16.0 Å². The molecule has 0 saturated carbocycles. The number of carbonyl (C=O) groups excluding carboxylic acids is 1. The van der Waals surface area contributed by atoms with Crippen LogP contribution in [0, 0.1) is 6.92 Å². The largest absolute Gasteiger partial charge is 0.354 e. The molecule has 9 nitrogen and oxygen atoms in total. The molecule has 0 saturated heterocycles. The molecule has 3 N–H and O–H groups in total. The first-order valence-corrected chi connectivity index (χ1v) is 13.2. The minimum atomic E-state index is -3.85. The Bertz CT molecular complexity index is 1300. The molecule has 2 aromatic heterocycles. The smallest absolute Gasteiger partial charge is 0.245 e. The van der Waals surface area contributed by atoms with E-state index in [4.69, 9.17) is 5.14 Å². The minimum Gasteiger partial charge on any atom is -0.354 e. The number of aryl methyl sites for hydroxylation is 1. The van der Waals surface area contributed by atoms with Crippen LogP contribution >= 0.6 is 11.3 Å². The summed E-state index contributed by atoms with van der Waals surface area (Å²) in [5.74, 6) is -1.34. The third-order valence-corrected chi connectivity index (χ3v) is 7.53. The first kappa shape index (κ1) is 22.3. The number of benzene rings is 1. The lowest BCUT2D eigenvalue weighted by molar-refractivity contribution is -0.120. The van der Waals surface area contributed by atoms with Crippen molar-refractivity contribution >= 4 is 47.3 Å². The van der Waals surface area contributed by atoms with Crippen molar-refractivity contribution in [1.29, 1.82) is 0 Å². The number of fused-ring (bicyclic) bond motifs is 1. The fourth-order valence-corrected chi connectivity index (χ4v) is 5.71. The Balaban J connectivity index is 1.93. The van der Waals surface area contributed by atoms with Gasteiger partial charge in [0.25, 0.3) is 0 Å². The second-order valence-electron chi connectivity index (χ2n) is 6.79. The molecule has 0 aliphatic carbocycles. The van der Waals surface area contributed by atoms with Gasteiger partial charge in [0.2, 0.25) is 15.9 Å². The van der Waals surface area contributed by atoms with E-state index in [0.717, 1.165) is 34.4 Å². The number of nitrogens with zero attached hydrogens (tertiary/aromatic N) is 2. The van der Waals surface area contributed by atoms with Gasteiger partial charge in [-0.15, -0.1) is 11.3 Å². The van der Waals surface area contributed by atoms with Crippen molar-refractivity contribution < 1.29 is 21.6 Å². The van der Waals surface area contributed by atoms with E-state index in [9.17, 15) is 21.6 Å². The van der Waals surface area contributed by atoms with E-state index < -0.39 is 36.8 Å². The Morgan fingerprint density at radius 1 is 1.17 bits per heavy atom. The van der Waals surface area contributed by atoms with Crippen LogP contribution < -0.4 is 10.5 Å². The van der Waals surface area contributed by atoms with Crippen molar-refractivity contribution in [2.45, 2.75) is 12.2 Å². The van der Waals surface area contributed by atoms with Gasteiger partial charge in [0.1, 0.15) is 5.01 Å². The summed E-state index contributed by atoms with van der Waals surface area (Å²) in [5.41, 5.74) is 3.24. The van der Waals surface area contributed by atoms with Crippen molar-refractivity contribution in [3.8, 4) is 11.1 Å². The molecule has 1 unspecified atom stereocenters. The Morgan fingerprint density at radius 3 is 2.47 bits per heavy atom. The number of sulfonamides is 1. The minimum absolute atomic E-state index is 0.111. The first-order valence-electron chi connectivity index (χ1n) is 8.74. The maximum Gasteiger partial charge on any atom is 0.245 e. The lowest BCUT2D eigenvalue weighted by Gasteiger charge is -2.12. The molecule has 1 atom stereocenters. The molecule has 0 spiro atoms. The van der Waals surface area contributed by atoms with Gasteiger partial charge in [-0.1, -0.05) is 12.1 Å². The lowest BCUT2D eigenvalue weighted by Crippen LogP contribution is -2.37. The highest BCUT2D eigenvalue weighted by Gasteiger charge is 2.33. The van der Waals surface area contributed by atoms with E-state index in [1.807, 2.05) is 31.2 Å². The van der Waals surface area contributed by atoms with Gasteiger partial charge >= 0.3 is 0 Å². The number of carbonyl (C=O) groups is 1. The fraction of sp³-hybridized carbons (Fsp3) is 0.278. The SMILES string of the molecule is Cc1ccc(-c2ccc3nc(C(C(=O)NCCS(N)(=O)=O)S(C)(=O)=O)sc3c2)cn1. The zero-order valence-electron chi connectivity index (χ0n) is 16.2. The van der Waals surface area contributed by atoms with Crippen LogP contribution in [-0.2, 0) is 24.7 Å². The highest BCUT2D eigenvalue weighted by molar-refractivity contribution is 7.91. The Morgan fingerprint density at radius 2 is 1.87 bits per heavy atom. The normalized spacial score (nSPS) is 13.3. The molecule has 12 heteroatoms. The Kier molecular flexibility index (Phi) is 6.22. The first-order chi connectivity index (χ1) is 13.9. The number of primary sulfonamides is 1. The second kappa shape index (κ2) is 8.38. The molecule has 0 aliphatic rings. The van der Waals surface area contributed by atoms with E-state index >= 15 is 0 Å². The number of nitrogens with two attached hydrogens (primary N) is 1. The van der Waals surface area contributed by atoms with Gasteiger partial charge in [-0.2, -0.15) is 0 Å².